The van der Waals surface area contributed by atoms with Crippen LogP contribution in [0.15, 0.2) is 24.7 Å². The van der Waals surface area contributed by atoms with Gasteiger partial charge in [-0.25, -0.2) is 4.98 Å². The normalized spacial score (nSPS) is 14.7. The van der Waals surface area contributed by atoms with E-state index in [0.717, 1.165) is 0 Å². The number of nitrogens with one attached hydrogen (secondary N) is 1. The van der Waals surface area contributed by atoms with Crippen molar-refractivity contribution >= 4 is 16.9 Å². The van der Waals surface area contributed by atoms with Gasteiger partial charge in [0.05, 0.1) is 5.56 Å². The molecule has 5 heterocycles. The molecule has 12 heteroatoms. The van der Waals surface area contributed by atoms with Crippen LogP contribution in [0.3, 0.4) is 0 Å². The Morgan fingerprint density at radius 1 is 1.15 bits per heavy atom. The van der Waals surface area contributed by atoms with Crippen molar-refractivity contribution in [1.82, 2.24) is 34.4 Å². The summed E-state index contributed by atoms with van der Waals surface area (Å²) in [5.41, 5.74) is 0.572. The average molecular weight is 468 g/mol. The van der Waals surface area contributed by atoms with Crippen LogP contribution in [0, 0.1) is 11.3 Å². The number of aromatic amines is 1. The third-order valence-electron chi connectivity index (χ3n) is 5.97. The Labute approximate surface area is 191 Å². The number of aryl methyl sites for hydroxylation is 2. The van der Waals surface area contributed by atoms with E-state index in [-0.39, 0.29) is 35.0 Å². The Hall–Kier alpha value is -4.14. The first-order valence-electron chi connectivity index (χ1n) is 10.5. The number of carbonyl (C=O) groups is 1. The van der Waals surface area contributed by atoms with Crippen molar-refractivity contribution in [3.05, 3.63) is 41.7 Å². The highest BCUT2D eigenvalue weighted by molar-refractivity contribution is 6.02. The SMILES string of the molecule is CN1CCCCn2cc(c(C(F)(F)F)n2)-c2c[nH]c3ncc(cc23)-c2c(nn(C)c2C#N)C1=O. The Morgan fingerprint density at radius 3 is 2.65 bits per heavy atom. The summed E-state index contributed by atoms with van der Waals surface area (Å²) in [5.74, 6) is -0.350. The van der Waals surface area contributed by atoms with Crippen LogP contribution in [0.5, 0.6) is 0 Å². The van der Waals surface area contributed by atoms with Gasteiger partial charge >= 0.3 is 6.18 Å². The van der Waals surface area contributed by atoms with Gasteiger partial charge in [0, 0.05) is 67.9 Å². The van der Waals surface area contributed by atoms with Crippen LogP contribution < -0.4 is 0 Å². The summed E-state index contributed by atoms with van der Waals surface area (Å²) >= 11 is 0. The van der Waals surface area contributed by atoms with Crippen molar-refractivity contribution in [2.24, 2.45) is 7.05 Å². The lowest BCUT2D eigenvalue weighted by molar-refractivity contribution is -0.141. The largest absolute Gasteiger partial charge is 0.435 e. The van der Waals surface area contributed by atoms with Gasteiger partial charge in [0.25, 0.3) is 5.91 Å². The van der Waals surface area contributed by atoms with Crippen LogP contribution in [0.4, 0.5) is 13.2 Å². The van der Waals surface area contributed by atoms with Crippen LogP contribution in [0.1, 0.15) is 34.7 Å². The second-order valence-corrected chi connectivity index (χ2v) is 8.22. The molecule has 0 fully saturated rings. The molecule has 1 N–H and O–H groups in total. The van der Waals surface area contributed by atoms with Crippen LogP contribution >= 0.6 is 0 Å². The fourth-order valence-corrected chi connectivity index (χ4v) is 4.29. The third kappa shape index (κ3) is 3.40. The molecule has 9 nitrogen and oxygen atoms in total. The number of nitrogens with zero attached hydrogens (tertiary/aromatic N) is 7. The number of pyridine rings is 1. The second-order valence-electron chi connectivity index (χ2n) is 8.22. The molecule has 0 radical (unpaired) electrons. The molecule has 1 aliphatic rings. The van der Waals surface area contributed by atoms with Crippen LogP contribution in [0.25, 0.3) is 33.3 Å². The number of amides is 1. The summed E-state index contributed by atoms with van der Waals surface area (Å²) in [4.78, 5) is 22.0. The maximum atomic E-state index is 13.9. The lowest BCUT2D eigenvalue weighted by atomic mass is 10.0. The molecule has 34 heavy (non-hydrogen) atoms. The number of hydrogen-bond donors (Lipinski definition) is 1. The summed E-state index contributed by atoms with van der Waals surface area (Å²) in [5, 5.41) is 18.3. The average Bonchev–Trinajstić information content (AvgIpc) is 3.49. The lowest BCUT2D eigenvalue weighted by Crippen LogP contribution is -2.28. The van der Waals surface area contributed by atoms with E-state index in [1.165, 1.54) is 32.9 Å². The molecule has 0 saturated carbocycles. The van der Waals surface area contributed by atoms with Gasteiger partial charge in [0.1, 0.15) is 17.4 Å². The Kier molecular flexibility index (Phi) is 4.93. The van der Waals surface area contributed by atoms with Crippen molar-refractivity contribution in [3.63, 3.8) is 0 Å². The lowest BCUT2D eigenvalue weighted by Gasteiger charge is -2.16. The summed E-state index contributed by atoms with van der Waals surface area (Å²) in [6, 6.07) is 3.70. The van der Waals surface area contributed by atoms with E-state index in [4.69, 9.17) is 0 Å². The number of nitriles is 1. The third-order valence-corrected chi connectivity index (χ3v) is 5.97. The highest BCUT2D eigenvalue weighted by Gasteiger charge is 2.38. The van der Waals surface area contributed by atoms with Gasteiger partial charge in [0.2, 0.25) is 0 Å². The molecule has 0 spiro atoms. The zero-order valence-corrected chi connectivity index (χ0v) is 18.3. The zero-order valence-electron chi connectivity index (χ0n) is 18.3. The molecule has 0 aliphatic carbocycles. The minimum atomic E-state index is -4.64. The van der Waals surface area contributed by atoms with Crippen LogP contribution in [0.2, 0.25) is 0 Å². The zero-order chi connectivity index (χ0) is 24.2. The molecule has 0 unspecified atom stereocenters. The molecule has 1 aliphatic heterocycles. The number of H-pyrrole nitrogens is 1. The topological polar surface area (TPSA) is 108 Å². The number of halogens is 3. The Bertz CT molecular complexity index is 1470. The van der Waals surface area contributed by atoms with Crippen LogP contribution in [-0.2, 0) is 19.8 Å². The number of alkyl halides is 3. The fraction of sp³-hybridized carbons (Fsp3) is 0.318. The van der Waals surface area contributed by atoms with Crippen molar-refractivity contribution < 1.29 is 18.0 Å². The standard InChI is InChI=1S/C22H19F3N8O/c1-31-5-3-4-6-33-11-15(19(30-33)22(23,24)25)14-10-28-20-13(14)7-12(9-27-20)17-16(8-26)32(2)29-18(17)21(31)34/h7,9-11H,3-6H2,1-2H3,(H,27,28). The number of fused-ring (bicyclic) bond motifs is 6. The van der Waals surface area contributed by atoms with E-state index < -0.39 is 11.9 Å². The minimum Gasteiger partial charge on any atom is -0.346 e. The van der Waals surface area contributed by atoms with Crippen molar-refractivity contribution in [1.29, 1.82) is 5.26 Å². The summed E-state index contributed by atoms with van der Waals surface area (Å²) in [6.07, 6.45) is 0.761. The van der Waals surface area contributed by atoms with E-state index in [1.807, 2.05) is 0 Å². The van der Waals surface area contributed by atoms with E-state index in [9.17, 15) is 23.2 Å². The number of hydrogen-bond acceptors (Lipinski definition) is 5. The van der Waals surface area contributed by atoms with Crippen molar-refractivity contribution in [2.75, 3.05) is 13.6 Å². The predicted octanol–water partition coefficient (Wildman–Crippen LogP) is 3.58. The summed E-state index contributed by atoms with van der Waals surface area (Å²) in [7, 11) is 3.19. The van der Waals surface area contributed by atoms with Crippen molar-refractivity contribution in [3.8, 4) is 28.3 Å². The maximum Gasteiger partial charge on any atom is 0.435 e. The molecule has 1 amide bonds. The van der Waals surface area contributed by atoms with E-state index >= 15 is 0 Å². The van der Waals surface area contributed by atoms with Gasteiger partial charge in [-0.15, -0.1) is 0 Å². The van der Waals surface area contributed by atoms with Gasteiger partial charge < -0.3 is 9.88 Å². The van der Waals surface area contributed by atoms with E-state index in [0.29, 0.717) is 41.5 Å². The first kappa shape index (κ1) is 21.7. The smallest absolute Gasteiger partial charge is 0.346 e. The number of aromatic nitrogens is 6. The van der Waals surface area contributed by atoms with Gasteiger partial charge in [0.15, 0.2) is 11.4 Å². The minimum absolute atomic E-state index is 0.0623. The predicted molar refractivity (Wildman–Crippen MR) is 115 cm³/mol. The monoisotopic (exact) mass is 468 g/mol. The molecule has 5 rings (SSSR count). The van der Waals surface area contributed by atoms with Crippen molar-refractivity contribution in [2.45, 2.75) is 25.6 Å². The molecule has 0 atom stereocenters. The Balaban J connectivity index is 1.81. The highest BCUT2D eigenvalue weighted by atomic mass is 19.4. The molecule has 0 saturated heterocycles. The van der Waals surface area contributed by atoms with E-state index in [1.54, 1.807) is 20.2 Å². The fourth-order valence-electron chi connectivity index (χ4n) is 4.29. The summed E-state index contributed by atoms with van der Waals surface area (Å²) in [6.45, 7) is 0.638. The molecular formula is C22H19F3N8O. The molecule has 4 bridgehead atoms. The molecule has 4 aromatic rings. The second kappa shape index (κ2) is 7.72. The highest BCUT2D eigenvalue weighted by Crippen LogP contribution is 2.40. The quantitative estimate of drug-likeness (QED) is 0.424. The van der Waals surface area contributed by atoms with Crippen LogP contribution in [-0.4, -0.2) is 53.9 Å². The molecule has 4 aromatic heterocycles. The first-order valence-corrected chi connectivity index (χ1v) is 10.5. The van der Waals surface area contributed by atoms with Gasteiger partial charge in [-0.1, -0.05) is 0 Å². The van der Waals surface area contributed by atoms with E-state index in [2.05, 4.69) is 26.2 Å². The number of carbonyl (C=O) groups excluding carboxylic acids is 1. The van der Waals surface area contributed by atoms with Gasteiger partial charge in [-0.2, -0.15) is 28.6 Å². The maximum absolute atomic E-state index is 13.9. The Morgan fingerprint density at radius 2 is 1.91 bits per heavy atom. The molecule has 0 aromatic carbocycles. The molecular weight excluding hydrogens is 449 g/mol. The van der Waals surface area contributed by atoms with Gasteiger partial charge in [-0.05, 0) is 18.9 Å². The first-order chi connectivity index (χ1) is 16.2. The summed E-state index contributed by atoms with van der Waals surface area (Å²) < 4.78 is 44.2. The molecule has 174 valence electrons. The van der Waals surface area contributed by atoms with Gasteiger partial charge in [-0.3, -0.25) is 14.2 Å². The number of rotatable bonds is 0.